The van der Waals surface area contributed by atoms with Crippen LogP contribution in [0.3, 0.4) is 0 Å². The lowest BCUT2D eigenvalue weighted by Gasteiger charge is -2.51. The summed E-state index contributed by atoms with van der Waals surface area (Å²) < 4.78 is 7.40. The first-order valence-electron chi connectivity index (χ1n) is 8.23. The molecule has 4 rings (SSSR count). The van der Waals surface area contributed by atoms with E-state index in [1.54, 1.807) is 6.07 Å². The van der Waals surface area contributed by atoms with Gasteiger partial charge in [0.2, 0.25) is 0 Å². The van der Waals surface area contributed by atoms with Gasteiger partial charge >= 0.3 is 5.97 Å². The maximum atomic E-state index is 12.1. The SMILES string of the molecule is CC(=O)O[C@@H]1CCN2C[C@@H]3C[C@H](Cn4c3cccc4=O)C2C1. The number of rotatable bonds is 1. The van der Waals surface area contributed by atoms with Crippen molar-refractivity contribution in [3.63, 3.8) is 0 Å². The Hall–Kier alpha value is -1.62. The summed E-state index contributed by atoms with van der Waals surface area (Å²) in [6.07, 6.45) is 3.03. The highest BCUT2D eigenvalue weighted by atomic mass is 16.5. The molecule has 5 heteroatoms. The predicted octanol–water partition coefficient (Wildman–Crippen LogP) is 1.36. The number of pyridine rings is 1. The molecule has 4 heterocycles. The van der Waals surface area contributed by atoms with Crippen LogP contribution in [0.5, 0.6) is 0 Å². The van der Waals surface area contributed by atoms with Crippen molar-refractivity contribution in [3.8, 4) is 0 Å². The molecular formula is C17H22N2O3. The summed E-state index contributed by atoms with van der Waals surface area (Å²) in [5.74, 6) is 0.774. The fraction of sp³-hybridized carbons (Fsp3) is 0.647. The van der Waals surface area contributed by atoms with Gasteiger partial charge in [-0.05, 0) is 24.8 Å². The molecule has 0 spiro atoms. The molecule has 4 atom stereocenters. The first-order valence-corrected chi connectivity index (χ1v) is 8.23. The van der Waals surface area contributed by atoms with E-state index in [4.69, 9.17) is 4.74 Å². The highest BCUT2D eigenvalue weighted by Crippen LogP contribution is 2.41. The maximum absolute atomic E-state index is 12.1. The zero-order valence-electron chi connectivity index (χ0n) is 12.9. The number of hydrogen-bond acceptors (Lipinski definition) is 4. The second-order valence-electron chi connectivity index (χ2n) is 6.91. The van der Waals surface area contributed by atoms with Crippen LogP contribution in [-0.4, -0.2) is 40.7 Å². The molecule has 0 N–H and O–H groups in total. The Morgan fingerprint density at radius 3 is 2.95 bits per heavy atom. The second-order valence-corrected chi connectivity index (χ2v) is 6.91. The van der Waals surface area contributed by atoms with Crippen LogP contribution in [-0.2, 0) is 16.1 Å². The minimum absolute atomic E-state index is 0.0455. The van der Waals surface area contributed by atoms with Crippen molar-refractivity contribution in [2.24, 2.45) is 5.92 Å². The van der Waals surface area contributed by atoms with E-state index in [2.05, 4.69) is 11.0 Å². The van der Waals surface area contributed by atoms with Crippen molar-refractivity contribution in [2.75, 3.05) is 13.1 Å². The molecule has 0 aliphatic carbocycles. The minimum atomic E-state index is -0.183. The Balaban J connectivity index is 1.60. The number of nitrogens with zero attached hydrogens (tertiary/aromatic N) is 2. The van der Waals surface area contributed by atoms with Gasteiger partial charge in [-0.15, -0.1) is 0 Å². The van der Waals surface area contributed by atoms with Crippen molar-refractivity contribution in [3.05, 3.63) is 34.2 Å². The van der Waals surface area contributed by atoms with E-state index >= 15 is 0 Å². The summed E-state index contributed by atoms with van der Waals surface area (Å²) in [6.45, 7) is 4.31. The van der Waals surface area contributed by atoms with Gasteiger partial charge in [-0.25, -0.2) is 0 Å². The van der Waals surface area contributed by atoms with Crippen LogP contribution in [0.1, 0.15) is 37.8 Å². The molecule has 2 bridgehead atoms. The zero-order chi connectivity index (χ0) is 15.3. The van der Waals surface area contributed by atoms with Gasteiger partial charge in [-0.3, -0.25) is 14.5 Å². The van der Waals surface area contributed by atoms with Crippen molar-refractivity contribution >= 4 is 5.97 Å². The van der Waals surface area contributed by atoms with Crippen LogP contribution in [0.25, 0.3) is 0 Å². The van der Waals surface area contributed by atoms with Crippen LogP contribution >= 0.6 is 0 Å². The Labute approximate surface area is 129 Å². The molecule has 0 amide bonds. The van der Waals surface area contributed by atoms with Gasteiger partial charge < -0.3 is 9.30 Å². The molecule has 2 saturated heterocycles. The lowest BCUT2D eigenvalue weighted by molar-refractivity contribution is -0.151. The number of aromatic nitrogens is 1. The van der Waals surface area contributed by atoms with E-state index in [1.807, 2.05) is 10.6 Å². The molecule has 1 unspecified atom stereocenters. The highest BCUT2D eigenvalue weighted by molar-refractivity contribution is 5.66. The summed E-state index contributed by atoms with van der Waals surface area (Å²) >= 11 is 0. The molecule has 0 saturated carbocycles. The molecule has 22 heavy (non-hydrogen) atoms. The lowest BCUT2D eigenvalue weighted by Crippen LogP contribution is -2.57. The molecular weight excluding hydrogens is 280 g/mol. The number of piperidine rings is 2. The smallest absolute Gasteiger partial charge is 0.302 e. The third kappa shape index (κ3) is 2.28. The van der Waals surface area contributed by atoms with Crippen LogP contribution in [0.2, 0.25) is 0 Å². The lowest BCUT2D eigenvalue weighted by atomic mass is 9.75. The summed E-state index contributed by atoms with van der Waals surface area (Å²) in [7, 11) is 0. The standard InChI is InChI=1S/C17H22N2O3/c1-11(20)22-14-5-6-18-9-12-7-13(16(18)8-14)10-19-15(12)3-2-4-17(19)21/h2-4,12-14,16H,5-10H2,1H3/t12-,13+,14+,16?/m0/s1. The quantitative estimate of drug-likeness (QED) is 0.735. The number of carbonyl (C=O) groups is 1. The third-order valence-corrected chi connectivity index (χ3v) is 5.55. The first-order chi connectivity index (χ1) is 10.6. The first kappa shape index (κ1) is 14.0. The minimum Gasteiger partial charge on any atom is -0.462 e. The van der Waals surface area contributed by atoms with Gasteiger partial charge in [0.25, 0.3) is 5.56 Å². The number of fused-ring (bicyclic) bond motifs is 6. The average Bonchev–Trinajstić information content (AvgIpc) is 2.49. The van der Waals surface area contributed by atoms with Crippen LogP contribution in [0.4, 0.5) is 0 Å². The predicted molar refractivity (Wildman–Crippen MR) is 81.7 cm³/mol. The van der Waals surface area contributed by atoms with E-state index in [0.717, 1.165) is 38.9 Å². The van der Waals surface area contributed by atoms with Crippen molar-refractivity contribution < 1.29 is 9.53 Å². The van der Waals surface area contributed by atoms with E-state index < -0.39 is 0 Å². The highest BCUT2D eigenvalue weighted by Gasteiger charge is 2.44. The van der Waals surface area contributed by atoms with Gasteiger partial charge in [0.15, 0.2) is 0 Å². The molecule has 0 aromatic carbocycles. The molecule has 1 aromatic heterocycles. The summed E-state index contributed by atoms with van der Waals surface area (Å²) in [4.78, 5) is 25.9. The largest absolute Gasteiger partial charge is 0.462 e. The van der Waals surface area contributed by atoms with Crippen LogP contribution in [0, 0.1) is 5.92 Å². The average molecular weight is 302 g/mol. The van der Waals surface area contributed by atoms with Gasteiger partial charge in [-0.1, -0.05) is 6.07 Å². The summed E-state index contributed by atoms with van der Waals surface area (Å²) in [5, 5.41) is 0. The number of hydrogen-bond donors (Lipinski definition) is 0. The fourth-order valence-electron chi connectivity index (χ4n) is 4.68. The number of esters is 1. The molecule has 5 nitrogen and oxygen atoms in total. The topological polar surface area (TPSA) is 51.5 Å². The monoisotopic (exact) mass is 302 g/mol. The van der Waals surface area contributed by atoms with E-state index in [0.29, 0.717) is 17.9 Å². The second kappa shape index (κ2) is 5.23. The Kier molecular flexibility index (Phi) is 3.33. The normalized spacial score (nSPS) is 33.7. The Morgan fingerprint density at radius 1 is 1.27 bits per heavy atom. The van der Waals surface area contributed by atoms with Crippen molar-refractivity contribution in [1.82, 2.24) is 9.47 Å². The van der Waals surface area contributed by atoms with Crippen LogP contribution < -0.4 is 5.56 Å². The van der Waals surface area contributed by atoms with Gasteiger partial charge in [0.1, 0.15) is 6.10 Å². The van der Waals surface area contributed by atoms with Crippen LogP contribution in [0.15, 0.2) is 23.0 Å². The Morgan fingerprint density at radius 2 is 2.14 bits per heavy atom. The fourth-order valence-corrected chi connectivity index (χ4v) is 4.68. The molecule has 118 valence electrons. The Bertz CT molecular complexity index is 654. The molecule has 3 aliphatic rings. The van der Waals surface area contributed by atoms with Gasteiger partial charge in [0, 0.05) is 56.7 Å². The van der Waals surface area contributed by atoms with Gasteiger partial charge in [-0.2, -0.15) is 0 Å². The number of carbonyl (C=O) groups excluding carboxylic acids is 1. The van der Waals surface area contributed by atoms with E-state index in [-0.39, 0.29) is 17.6 Å². The molecule has 0 radical (unpaired) electrons. The molecule has 1 aromatic rings. The molecule has 2 fully saturated rings. The maximum Gasteiger partial charge on any atom is 0.302 e. The zero-order valence-corrected chi connectivity index (χ0v) is 12.9. The van der Waals surface area contributed by atoms with E-state index in [9.17, 15) is 9.59 Å². The number of ether oxygens (including phenoxy) is 1. The molecule has 3 aliphatic heterocycles. The summed E-state index contributed by atoms with van der Waals surface area (Å²) in [5.41, 5.74) is 1.32. The van der Waals surface area contributed by atoms with Crippen molar-refractivity contribution in [2.45, 2.75) is 50.8 Å². The third-order valence-electron chi connectivity index (χ3n) is 5.55. The van der Waals surface area contributed by atoms with Crippen molar-refractivity contribution in [1.29, 1.82) is 0 Å². The van der Waals surface area contributed by atoms with Gasteiger partial charge in [0.05, 0.1) is 0 Å². The van der Waals surface area contributed by atoms with E-state index in [1.165, 1.54) is 12.6 Å². The summed E-state index contributed by atoms with van der Waals surface area (Å²) in [6, 6.07) is 6.08.